The van der Waals surface area contributed by atoms with Crippen molar-refractivity contribution in [1.29, 1.82) is 0 Å². The molecule has 0 bridgehead atoms. The van der Waals surface area contributed by atoms with E-state index in [1.165, 1.54) is 0 Å². The molecule has 65 valence electrons. The Morgan fingerprint density at radius 2 is 2.17 bits per heavy atom. The molecule has 0 heterocycles. The summed E-state index contributed by atoms with van der Waals surface area (Å²) in [6.45, 7) is 2.36. The van der Waals surface area contributed by atoms with Gasteiger partial charge in [0.1, 0.15) is 17.4 Å². The van der Waals surface area contributed by atoms with Crippen LogP contribution in [-0.4, -0.2) is 6.61 Å². The average Bonchev–Trinajstić information content (AvgIpc) is 1.99. The predicted octanol–water partition coefficient (Wildman–Crippen LogP) is 2.55. The van der Waals surface area contributed by atoms with Gasteiger partial charge in [0, 0.05) is 12.1 Å². The molecule has 1 aromatic carbocycles. The summed E-state index contributed by atoms with van der Waals surface area (Å²) in [4.78, 5) is 0. The Kier molecular flexibility index (Phi) is 3.02. The summed E-state index contributed by atoms with van der Waals surface area (Å²) in [5.41, 5.74) is 0. The van der Waals surface area contributed by atoms with Crippen LogP contribution in [0.2, 0.25) is 0 Å². The van der Waals surface area contributed by atoms with Gasteiger partial charge in [0.05, 0.1) is 12.7 Å². The second-order valence-electron chi connectivity index (χ2n) is 2.36. The third-order valence-corrected chi connectivity index (χ3v) is 1.24. The molecule has 1 rings (SSSR count). The van der Waals surface area contributed by atoms with E-state index in [0.29, 0.717) is 6.61 Å². The van der Waals surface area contributed by atoms with Crippen molar-refractivity contribution in [2.45, 2.75) is 13.3 Å². The molecule has 3 heteroatoms. The van der Waals surface area contributed by atoms with Crippen molar-refractivity contribution in [1.82, 2.24) is 0 Å². The van der Waals surface area contributed by atoms with E-state index >= 15 is 0 Å². The van der Waals surface area contributed by atoms with Crippen LogP contribution in [0, 0.1) is 17.7 Å². The Balaban J connectivity index is 2.72. The van der Waals surface area contributed by atoms with Gasteiger partial charge in [0.15, 0.2) is 0 Å². The van der Waals surface area contributed by atoms with Crippen LogP contribution in [0.25, 0.3) is 0 Å². The lowest BCUT2D eigenvalue weighted by Gasteiger charge is -2.03. The van der Waals surface area contributed by atoms with Crippen LogP contribution in [0.1, 0.15) is 13.3 Å². The Hall–Kier alpha value is -1.12. The maximum Gasteiger partial charge on any atom is 0.137 e. The highest BCUT2D eigenvalue weighted by atomic mass is 19.1. The van der Waals surface area contributed by atoms with Crippen molar-refractivity contribution in [2.75, 3.05) is 6.61 Å². The van der Waals surface area contributed by atoms with Gasteiger partial charge in [-0.1, -0.05) is 6.92 Å². The summed E-state index contributed by atoms with van der Waals surface area (Å²) >= 11 is 0. The lowest BCUT2D eigenvalue weighted by molar-refractivity contribution is 0.313. The third kappa shape index (κ3) is 2.49. The van der Waals surface area contributed by atoms with Crippen molar-refractivity contribution in [3.63, 3.8) is 0 Å². The Labute approximate surface area is 70.0 Å². The second kappa shape index (κ2) is 4.04. The molecule has 0 amide bonds. The van der Waals surface area contributed by atoms with E-state index in [1.807, 2.05) is 6.92 Å². The molecule has 0 aromatic heterocycles. The van der Waals surface area contributed by atoms with Crippen LogP contribution in [0.5, 0.6) is 5.75 Å². The molecule has 0 atom stereocenters. The standard InChI is InChI=1S/C9H9F2O/c1-2-3-12-9-5-7(10)4-8(11)6-9/h4-5H,2-3H2,1H3. The zero-order valence-corrected chi connectivity index (χ0v) is 6.73. The van der Waals surface area contributed by atoms with E-state index in [9.17, 15) is 8.78 Å². The fourth-order valence-corrected chi connectivity index (χ4v) is 0.768. The van der Waals surface area contributed by atoms with Gasteiger partial charge in [-0.05, 0) is 6.42 Å². The van der Waals surface area contributed by atoms with E-state index in [4.69, 9.17) is 4.74 Å². The van der Waals surface area contributed by atoms with Gasteiger partial charge in [0.25, 0.3) is 0 Å². The number of halogens is 2. The van der Waals surface area contributed by atoms with Crippen LogP contribution >= 0.6 is 0 Å². The summed E-state index contributed by atoms with van der Waals surface area (Å²) in [6, 6.07) is 4.13. The fourth-order valence-electron chi connectivity index (χ4n) is 0.768. The van der Waals surface area contributed by atoms with Crippen molar-refractivity contribution in [3.8, 4) is 5.75 Å². The third-order valence-electron chi connectivity index (χ3n) is 1.24. The first-order chi connectivity index (χ1) is 5.72. The monoisotopic (exact) mass is 171 g/mol. The van der Waals surface area contributed by atoms with E-state index in [1.54, 1.807) is 0 Å². The molecule has 0 aliphatic rings. The van der Waals surface area contributed by atoms with Gasteiger partial charge in [-0.15, -0.1) is 0 Å². The Morgan fingerprint density at radius 3 is 2.75 bits per heavy atom. The minimum absolute atomic E-state index is 0.120. The summed E-state index contributed by atoms with van der Waals surface area (Å²) in [5.74, 6) is -1.26. The molecule has 0 aliphatic heterocycles. The molecule has 12 heavy (non-hydrogen) atoms. The predicted molar refractivity (Wildman–Crippen MR) is 41.0 cm³/mol. The lowest BCUT2D eigenvalue weighted by Crippen LogP contribution is -1.96. The summed E-state index contributed by atoms with van der Waals surface area (Å²) in [6.07, 6.45) is 0.798. The zero-order chi connectivity index (χ0) is 8.97. The maximum absolute atomic E-state index is 12.5. The molecule has 1 radical (unpaired) electrons. The van der Waals surface area contributed by atoms with Gasteiger partial charge in [0.2, 0.25) is 0 Å². The highest BCUT2D eigenvalue weighted by Crippen LogP contribution is 2.14. The SMILES string of the molecule is CCCOc1[c]c(F)cc(F)c1. The Morgan fingerprint density at radius 1 is 1.42 bits per heavy atom. The number of hydrogen-bond donors (Lipinski definition) is 0. The minimum Gasteiger partial charge on any atom is -0.493 e. The molecule has 0 spiro atoms. The van der Waals surface area contributed by atoms with Gasteiger partial charge >= 0.3 is 0 Å². The number of ether oxygens (including phenoxy) is 1. The van der Waals surface area contributed by atoms with Gasteiger partial charge in [-0.25, -0.2) is 8.78 Å². The molecule has 0 fully saturated rings. The molecule has 0 unspecified atom stereocenters. The first-order valence-corrected chi connectivity index (χ1v) is 3.73. The number of rotatable bonds is 3. The molecule has 1 aromatic rings. The van der Waals surface area contributed by atoms with Crippen molar-refractivity contribution < 1.29 is 13.5 Å². The smallest absolute Gasteiger partial charge is 0.137 e. The topological polar surface area (TPSA) is 9.23 Å². The van der Waals surface area contributed by atoms with Gasteiger partial charge in [-0.2, -0.15) is 0 Å². The van der Waals surface area contributed by atoms with Crippen LogP contribution in [-0.2, 0) is 0 Å². The van der Waals surface area contributed by atoms with Crippen LogP contribution in [0.3, 0.4) is 0 Å². The van der Waals surface area contributed by atoms with E-state index in [0.717, 1.165) is 18.6 Å². The minimum atomic E-state index is -0.735. The molecule has 0 aliphatic carbocycles. The lowest BCUT2D eigenvalue weighted by atomic mass is 10.3. The molecule has 1 nitrogen and oxygen atoms in total. The molecule has 0 saturated carbocycles. The largest absolute Gasteiger partial charge is 0.493 e. The highest BCUT2D eigenvalue weighted by molar-refractivity contribution is 5.21. The van der Waals surface area contributed by atoms with Crippen LogP contribution in [0.4, 0.5) is 8.78 Å². The van der Waals surface area contributed by atoms with E-state index < -0.39 is 11.6 Å². The molecular weight excluding hydrogens is 162 g/mol. The van der Waals surface area contributed by atoms with Gasteiger partial charge in [-0.3, -0.25) is 0 Å². The molecule has 0 N–H and O–H groups in total. The van der Waals surface area contributed by atoms with Gasteiger partial charge < -0.3 is 4.74 Å². The van der Waals surface area contributed by atoms with Crippen molar-refractivity contribution in [3.05, 3.63) is 29.8 Å². The first-order valence-electron chi connectivity index (χ1n) is 3.73. The van der Waals surface area contributed by atoms with Crippen molar-refractivity contribution >= 4 is 0 Å². The van der Waals surface area contributed by atoms with E-state index in [-0.39, 0.29) is 5.75 Å². The fraction of sp³-hybridized carbons (Fsp3) is 0.333. The molecular formula is C9H9F2O. The number of benzene rings is 1. The average molecular weight is 171 g/mol. The second-order valence-corrected chi connectivity index (χ2v) is 2.36. The van der Waals surface area contributed by atoms with Crippen molar-refractivity contribution in [2.24, 2.45) is 0 Å². The zero-order valence-electron chi connectivity index (χ0n) is 6.73. The van der Waals surface area contributed by atoms with E-state index in [2.05, 4.69) is 6.07 Å². The quantitative estimate of drug-likeness (QED) is 0.679. The van der Waals surface area contributed by atoms with Crippen LogP contribution in [0.15, 0.2) is 12.1 Å². The normalized spacial score (nSPS) is 9.92. The number of hydrogen-bond acceptors (Lipinski definition) is 1. The summed E-state index contributed by atoms with van der Waals surface area (Å²) in [5, 5.41) is 0. The maximum atomic E-state index is 12.5. The first kappa shape index (κ1) is 8.97. The summed E-state index contributed by atoms with van der Waals surface area (Å²) < 4.78 is 30.0. The summed E-state index contributed by atoms with van der Waals surface area (Å²) in [7, 11) is 0. The molecule has 0 saturated heterocycles. The Bertz CT molecular complexity index is 240. The van der Waals surface area contributed by atoms with Crippen LogP contribution < -0.4 is 4.74 Å². The highest BCUT2D eigenvalue weighted by Gasteiger charge is 2.00.